The first kappa shape index (κ1) is 11.5. The van der Waals surface area contributed by atoms with E-state index >= 15 is 0 Å². The van der Waals surface area contributed by atoms with Gasteiger partial charge in [0.2, 0.25) is 0 Å². The number of hydrogen-bond acceptors (Lipinski definition) is 3. The van der Waals surface area contributed by atoms with Crippen molar-refractivity contribution in [2.45, 2.75) is 25.8 Å². The maximum Gasteiger partial charge on any atom is 0.0666 e. The summed E-state index contributed by atoms with van der Waals surface area (Å²) in [5.41, 5.74) is 0. The van der Waals surface area contributed by atoms with Crippen molar-refractivity contribution in [2.24, 2.45) is 5.92 Å². The van der Waals surface area contributed by atoms with E-state index in [-0.39, 0.29) is 5.92 Å². The second-order valence-electron chi connectivity index (χ2n) is 4.58. The predicted molar refractivity (Wildman–Crippen MR) is 57.9 cm³/mol. The quantitative estimate of drug-likeness (QED) is 0.674. The molecule has 0 aliphatic carbocycles. The summed E-state index contributed by atoms with van der Waals surface area (Å²) in [6.45, 7) is 5.24. The molecule has 0 amide bonds. The molecule has 0 aromatic heterocycles. The summed E-state index contributed by atoms with van der Waals surface area (Å²) in [6.07, 6.45) is 2.58. The molecule has 0 radical (unpaired) electrons. The fraction of sp³-hybridized carbons (Fsp3) is 0.909. The van der Waals surface area contributed by atoms with E-state index in [2.05, 4.69) is 30.0 Å². The number of nitrogens with zero attached hydrogens (tertiary/aromatic N) is 3. The number of likely N-dealkylation sites (N-methyl/N-ethyl adjacent to an activating group) is 1. The van der Waals surface area contributed by atoms with Gasteiger partial charge in [-0.15, -0.1) is 0 Å². The highest BCUT2D eigenvalue weighted by atomic mass is 15.2. The van der Waals surface area contributed by atoms with Crippen LogP contribution in [-0.2, 0) is 0 Å². The van der Waals surface area contributed by atoms with E-state index < -0.39 is 0 Å². The zero-order valence-corrected chi connectivity index (χ0v) is 9.53. The Hall–Kier alpha value is -0.590. The Labute approximate surface area is 87.3 Å². The Morgan fingerprint density at radius 1 is 1.57 bits per heavy atom. The lowest BCUT2D eigenvalue weighted by Gasteiger charge is -2.27. The second kappa shape index (κ2) is 5.33. The van der Waals surface area contributed by atoms with Crippen LogP contribution in [0.3, 0.4) is 0 Å². The van der Waals surface area contributed by atoms with E-state index in [4.69, 9.17) is 5.26 Å². The minimum absolute atomic E-state index is 0.165. The van der Waals surface area contributed by atoms with E-state index in [1.165, 1.54) is 19.4 Å². The summed E-state index contributed by atoms with van der Waals surface area (Å²) in [5, 5.41) is 8.78. The molecule has 0 aromatic rings. The molecule has 80 valence electrons. The van der Waals surface area contributed by atoms with Gasteiger partial charge in [-0.05, 0) is 40.4 Å². The van der Waals surface area contributed by atoms with E-state index in [9.17, 15) is 0 Å². The van der Waals surface area contributed by atoms with Gasteiger partial charge in [-0.1, -0.05) is 0 Å². The predicted octanol–water partition coefficient (Wildman–Crippen LogP) is 1.17. The van der Waals surface area contributed by atoms with E-state index in [1.807, 2.05) is 6.92 Å². The number of rotatable bonds is 4. The summed E-state index contributed by atoms with van der Waals surface area (Å²) >= 11 is 0. The van der Waals surface area contributed by atoms with Crippen molar-refractivity contribution >= 4 is 0 Å². The zero-order chi connectivity index (χ0) is 10.6. The zero-order valence-electron chi connectivity index (χ0n) is 9.53. The van der Waals surface area contributed by atoms with Crippen LogP contribution in [0.15, 0.2) is 0 Å². The van der Waals surface area contributed by atoms with Crippen LogP contribution in [0.4, 0.5) is 0 Å². The SMILES string of the molecule is CC(C#N)CN1CCCC1CN(C)C. The van der Waals surface area contributed by atoms with Gasteiger partial charge in [0.25, 0.3) is 0 Å². The Morgan fingerprint density at radius 2 is 2.29 bits per heavy atom. The molecule has 0 N–H and O–H groups in total. The highest BCUT2D eigenvalue weighted by Crippen LogP contribution is 2.18. The normalized spacial score (nSPS) is 25.2. The first-order chi connectivity index (χ1) is 6.63. The third-order valence-corrected chi connectivity index (χ3v) is 2.80. The Bertz CT molecular complexity index is 207. The van der Waals surface area contributed by atoms with Crippen molar-refractivity contribution in [3.63, 3.8) is 0 Å². The van der Waals surface area contributed by atoms with Gasteiger partial charge in [0, 0.05) is 19.1 Å². The summed E-state index contributed by atoms with van der Waals surface area (Å²) < 4.78 is 0. The first-order valence-corrected chi connectivity index (χ1v) is 5.42. The molecule has 1 rings (SSSR count). The van der Waals surface area contributed by atoms with Crippen LogP contribution < -0.4 is 0 Å². The molecule has 0 aromatic carbocycles. The third kappa shape index (κ3) is 3.28. The molecule has 1 aliphatic rings. The molecule has 1 fully saturated rings. The molecule has 2 unspecified atom stereocenters. The molecule has 2 atom stereocenters. The van der Waals surface area contributed by atoms with Gasteiger partial charge in [0.05, 0.1) is 12.0 Å². The van der Waals surface area contributed by atoms with Gasteiger partial charge in [-0.25, -0.2) is 0 Å². The molecule has 0 bridgehead atoms. The lowest BCUT2D eigenvalue weighted by atomic mass is 10.1. The van der Waals surface area contributed by atoms with Crippen LogP contribution in [0.2, 0.25) is 0 Å². The lowest BCUT2D eigenvalue weighted by Crippen LogP contribution is -2.39. The summed E-state index contributed by atoms with van der Waals surface area (Å²) in [5.74, 6) is 0.165. The monoisotopic (exact) mass is 195 g/mol. The van der Waals surface area contributed by atoms with E-state index in [0.717, 1.165) is 13.1 Å². The summed E-state index contributed by atoms with van der Waals surface area (Å²) in [4.78, 5) is 4.70. The minimum Gasteiger partial charge on any atom is -0.308 e. The Morgan fingerprint density at radius 3 is 2.86 bits per heavy atom. The third-order valence-electron chi connectivity index (χ3n) is 2.80. The van der Waals surface area contributed by atoms with Crippen molar-refractivity contribution in [1.82, 2.24) is 9.80 Å². The fourth-order valence-corrected chi connectivity index (χ4v) is 2.16. The maximum absolute atomic E-state index is 8.78. The standard InChI is InChI=1S/C11H21N3/c1-10(7-12)8-14-6-4-5-11(14)9-13(2)3/h10-11H,4-6,8-9H2,1-3H3. The topological polar surface area (TPSA) is 30.3 Å². The van der Waals surface area contributed by atoms with Crippen molar-refractivity contribution in [3.8, 4) is 6.07 Å². The Kier molecular flexibility index (Phi) is 4.37. The molecule has 3 nitrogen and oxygen atoms in total. The van der Waals surface area contributed by atoms with Crippen molar-refractivity contribution in [3.05, 3.63) is 0 Å². The van der Waals surface area contributed by atoms with Crippen LogP contribution in [0.5, 0.6) is 0 Å². The van der Waals surface area contributed by atoms with Gasteiger partial charge >= 0.3 is 0 Å². The molecule has 3 heteroatoms. The minimum atomic E-state index is 0.165. The fourth-order valence-electron chi connectivity index (χ4n) is 2.16. The van der Waals surface area contributed by atoms with Crippen LogP contribution in [0.1, 0.15) is 19.8 Å². The van der Waals surface area contributed by atoms with Gasteiger partial charge < -0.3 is 4.90 Å². The van der Waals surface area contributed by atoms with Gasteiger partial charge in [0.1, 0.15) is 0 Å². The van der Waals surface area contributed by atoms with Gasteiger partial charge in [-0.2, -0.15) is 5.26 Å². The van der Waals surface area contributed by atoms with Crippen molar-refractivity contribution in [2.75, 3.05) is 33.7 Å². The summed E-state index contributed by atoms with van der Waals surface area (Å²) in [7, 11) is 4.23. The van der Waals surface area contributed by atoms with Crippen LogP contribution in [0.25, 0.3) is 0 Å². The second-order valence-corrected chi connectivity index (χ2v) is 4.58. The molecular formula is C11H21N3. The van der Waals surface area contributed by atoms with Crippen LogP contribution in [0, 0.1) is 17.2 Å². The van der Waals surface area contributed by atoms with Crippen LogP contribution in [-0.4, -0.2) is 49.6 Å². The average Bonchev–Trinajstić information content (AvgIpc) is 2.52. The lowest BCUT2D eigenvalue weighted by molar-refractivity contribution is 0.197. The molecule has 1 aliphatic heterocycles. The number of hydrogen-bond donors (Lipinski definition) is 0. The van der Waals surface area contributed by atoms with Gasteiger partial charge in [-0.3, -0.25) is 4.90 Å². The van der Waals surface area contributed by atoms with Crippen molar-refractivity contribution < 1.29 is 0 Å². The highest BCUT2D eigenvalue weighted by molar-refractivity contribution is 4.87. The maximum atomic E-state index is 8.78. The molecule has 0 saturated carbocycles. The number of likely N-dealkylation sites (tertiary alicyclic amines) is 1. The molecule has 0 spiro atoms. The van der Waals surface area contributed by atoms with Crippen molar-refractivity contribution in [1.29, 1.82) is 5.26 Å². The molecule has 1 heterocycles. The van der Waals surface area contributed by atoms with Crippen LogP contribution >= 0.6 is 0 Å². The van der Waals surface area contributed by atoms with Gasteiger partial charge in [0.15, 0.2) is 0 Å². The molecule has 14 heavy (non-hydrogen) atoms. The molecular weight excluding hydrogens is 174 g/mol. The largest absolute Gasteiger partial charge is 0.308 e. The summed E-state index contributed by atoms with van der Waals surface area (Å²) in [6, 6.07) is 2.98. The molecule has 1 saturated heterocycles. The number of nitriles is 1. The smallest absolute Gasteiger partial charge is 0.0666 e. The highest BCUT2D eigenvalue weighted by Gasteiger charge is 2.25. The average molecular weight is 195 g/mol. The van der Waals surface area contributed by atoms with E-state index in [1.54, 1.807) is 0 Å². The van der Waals surface area contributed by atoms with E-state index in [0.29, 0.717) is 6.04 Å². The first-order valence-electron chi connectivity index (χ1n) is 5.42. The Balaban J connectivity index is 2.39.